The van der Waals surface area contributed by atoms with E-state index in [4.69, 9.17) is 5.73 Å². The molecule has 0 radical (unpaired) electrons. The van der Waals surface area contributed by atoms with Crippen molar-refractivity contribution in [3.05, 3.63) is 0 Å². The maximum atomic E-state index is 13.9. The van der Waals surface area contributed by atoms with E-state index in [-0.39, 0.29) is 60.7 Å². The Labute approximate surface area is 237 Å². The van der Waals surface area contributed by atoms with Crippen molar-refractivity contribution in [2.45, 2.75) is 114 Å². The largest absolute Gasteiger partial charge is 0.391 e. The second-order valence-corrected chi connectivity index (χ2v) is 14.0. The van der Waals surface area contributed by atoms with Crippen LogP contribution in [-0.2, 0) is 9.59 Å². The monoisotopic (exact) mass is 569 g/mol. The van der Waals surface area contributed by atoms with Crippen molar-refractivity contribution in [3.63, 3.8) is 0 Å². The molecule has 7 nitrogen and oxygen atoms in total. The zero-order chi connectivity index (χ0) is 28.8. The van der Waals surface area contributed by atoms with Gasteiger partial charge in [0, 0.05) is 55.6 Å². The number of alkyl halides is 3. The van der Waals surface area contributed by atoms with Crippen molar-refractivity contribution in [3.8, 4) is 0 Å². The molecular formula is C30H50F3N5O2. The first-order valence-electron chi connectivity index (χ1n) is 15.8. The van der Waals surface area contributed by atoms with Crippen LogP contribution in [0.25, 0.3) is 0 Å². The molecular weight excluding hydrogens is 519 g/mol. The van der Waals surface area contributed by atoms with Gasteiger partial charge in [-0.2, -0.15) is 13.2 Å². The Balaban J connectivity index is 1.23. The molecule has 2 saturated carbocycles. The molecule has 10 atom stereocenters. The minimum Gasteiger partial charge on any atom is -0.353 e. The predicted molar refractivity (Wildman–Crippen MR) is 148 cm³/mol. The molecule has 0 aromatic heterocycles. The number of amides is 2. The maximum Gasteiger partial charge on any atom is 0.391 e. The number of carbonyl (C=O) groups excluding carboxylic acids is 2. The maximum absolute atomic E-state index is 13.9. The van der Waals surface area contributed by atoms with Crippen molar-refractivity contribution in [2.75, 3.05) is 26.7 Å². The van der Waals surface area contributed by atoms with Crippen LogP contribution in [0.15, 0.2) is 0 Å². The summed E-state index contributed by atoms with van der Waals surface area (Å²) in [6.07, 6.45) is 1.99. The minimum atomic E-state index is -4.30. The lowest BCUT2D eigenvalue weighted by molar-refractivity contribution is -0.192. The number of nitrogens with zero attached hydrogens (tertiary/aromatic N) is 2. The molecule has 3 saturated heterocycles. The number of halogens is 3. The van der Waals surface area contributed by atoms with E-state index in [2.05, 4.69) is 29.4 Å². The van der Waals surface area contributed by atoms with Crippen molar-refractivity contribution in [1.29, 1.82) is 0 Å². The highest BCUT2D eigenvalue weighted by Crippen LogP contribution is 2.45. The lowest BCUT2D eigenvalue weighted by Gasteiger charge is -2.50. The summed E-state index contributed by atoms with van der Waals surface area (Å²) in [4.78, 5) is 31.2. The summed E-state index contributed by atoms with van der Waals surface area (Å²) in [6.45, 7) is 6.71. The van der Waals surface area contributed by atoms with E-state index < -0.39 is 18.0 Å². The van der Waals surface area contributed by atoms with E-state index in [1.54, 1.807) is 0 Å². The fourth-order valence-electron chi connectivity index (χ4n) is 8.77. The first-order chi connectivity index (χ1) is 18.9. The summed E-state index contributed by atoms with van der Waals surface area (Å²) >= 11 is 0. The summed E-state index contributed by atoms with van der Waals surface area (Å²) < 4.78 is 41.8. The molecule has 4 N–H and O–H groups in total. The molecule has 2 amide bonds. The van der Waals surface area contributed by atoms with Gasteiger partial charge in [0.05, 0.1) is 5.92 Å². The number of hydrogen-bond acceptors (Lipinski definition) is 5. The number of rotatable bonds is 4. The van der Waals surface area contributed by atoms with Gasteiger partial charge in [-0.25, -0.2) is 0 Å². The van der Waals surface area contributed by atoms with Crippen LogP contribution in [0, 0.1) is 35.5 Å². The molecule has 5 aliphatic rings. The first kappa shape index (κ1) is 30.1. The van der Waals surface area contributed by atoms with Gasteiger partial charge in [0.1, 0.15) is 0 Å². The quantitative estimate of drug-likeness (QED) is 0.482. The summed E-state index contributed by atoms with van der Waals surface area (Å²) in [5.41, 5.74) is 6.03. The molecule has 3 aliphatic heterocycles. The van der Waals surface area contributed by atoms with Gasteiger partial charge in [0.2, 0.25) is 11.8 Å². The molecule has 0 aromatic rings. The Morgan fingerprint density at radius 2 is 1.73 bits per heavy atom. The van der Waals surface area contributed by atoms with Crippen LogP contribution in [0.3, 0.4) is 0 Å². The molecule has 10 unspecified atom stereocenters. The molecule has 5 rings (SSSR count). The third-order valence-electron chi connectivity index (χ3n) is 11.3. The topological polar surface area (TPSA) is 90.7 Å². The minimum absolute atomic E-state index is 0.0599. The summed E-state index contributed by atoms with van der Waals surface area (Å²) in [5, 5.41) is 6.77. The Bertz CT molecular complexity index is 910. The Hall–Kier alpha value is -1.39. The normalized spacial score (nSPS) is 42.4. The third-order valence-corrected chi connectivity index (χ3v) is 11.3. The van der Waals surface area contributed by atoms with Crippen molar-refractivity contribution in [2.24, 2.45) is 41.2 Å². The number of carbonyl (C=O) groups is 2. The lowest BCUT2D eigenvalue weighted by atomic mass is 9.65. The van der Waals surface area contributed by atoms with Crippen LogP contribution in [0.1, 0.15) is 78.1 Å². The van der Waals surface area contributed by atoms with Crippen LogP contribution >= 0.6 is 0 Å². The van der Waals surface area contributed by atoms with Gasteiger partial charge >= 0.3 is 6.18 Å². The van der Waals surface area contributed by atoms with Crippen molar-refractivity contribution in [1.82, 2.24) is 20.4 Å². The standard InChI is InChI=1S/C30H50F3N5O2/c1-17-4-5-23(15-25(17)26-13-20-16-35-18(2)10-27(20)37(3)29(26)40)36-28(39)19-11-21(30(31,32)33)14-24(12-19)38-8-6-22(34)7-9-38/h17-27,35H,4-16,34H2,1-3H3,(H,36,39). The van der Waals surface area contributed by atoms with Crippen LogP contribution in [0.5, 0.6) is 0 Å². The van der Waals surface area contributed by atoms with Gasteiger partial charge in [-0.15, -0.1) is 0 Å². The average molecular weight is 570 g/mol. The Kier molecular flexibility index (Phi) is 9.08. The van der Waals surface area contributed by atoms with Crippen molar-refractivity contribution < 1.29 is 22.8 Å². The Morgan fingerprint density at radius 1 is 1.00 bits per heavy atom. The van der Waals surface area contributed by atoms with Crippen molar-refractivity contribution >= 4 is 11.8 Å². The highest BCUT2D eigenvalue weighted by molar-refractivity contribution is 5.81. The zero-order valence-electron chi connectivity index (χ0n) is 24.5. The molecule has 0 aromatic carbocycles. The first-order valence-corrected chi connectivity index (χ1v) is 15.8. The highest BCUT2D eigenvalue weighted by atomic mass is 19.4. The highest BCUT2D eigenvalue weighted by Gasteiger charge is 2.49. The fourth-order valence-corrected chi connectivity index (χ4v) is 8.77. The Morgan fingerprint density at radius 3 is 2.42 bits per heavy atom. The van der Waals surface area contributed by atoms with Gasteiger partial charge < -0.3 is 26.2 Å². The summed E-state index contributed by atoms with van der Waals surface area (Å²) in [5.74, 6) is -1.17. The molecule has 10 heteroatoms. The molecule has 0 spiro atoms. The smallest absolute Gasteiger partial charge is 0.353 e. The number of hydrogen-bond donors (Lipinski definition) is 3. The average Bonchev–Trinajstić information content (AvgIpc) is 2.92. The second-order valence-electron chi connectivity index (χ2n) is 14.0. The van der Waals surface area contributed by atoms with E-state index in [1.807, 2.05) is 11.9 Å². The zero-order valence-corrected chi connectivity index (χ0v) is 24.5. The van der Waals surface area contributed by atoms with E-state index >= 15 is 0 Å². The van der Waals surface area contributed by atoms with E-state index in [0.717, 1.165) is 51.5 Å². The molecule has 40 heavy (non-hydrogen) atoms. The number of nitrogens with one attached hydrogen (secondary N) is 2. The third kappa shape index (κ3) is 6.48. The second kappa shape index (κ2) is 12.1. The van der Waals surface area contributed by atoms with Gasteiger partial charge in [0.25, 0.3) is 0 Å². The number of nitrogens with two attached hydrogens (primary N) is 1. The predicted octanol–water partition coefficient (Wildman–Crippen LogP) is 3.52. The number of fused-ring (bicyclic) bond motifs is 1. The van der Waals surface area contributed by atoms with Crippen LogP contribution in [-0.4, -0.2) is 84.7 Å². The molecule has 5 fully saturated rings. The SMILES string of the molecule is CC1CC2C(CN1)CC(C1CC(NC(=O)C3CC(N4CCC(N)CC4)CC(C(F)(F)F)C3)CCC1C)C(=O)N2C. The van der Waals surface area contributed by atoms with Gasteiger partial charge in [-0.1, -0.05) is 6.92 Å². The van der Waals surface area contributed by atoms with Crippen LogP contribution < -0.4 is 16.4 Å². The number of likely N-dealkylation sites (tertiary alicyclic amines) is 2. The van der Waals surface area contributed by atoms with Crippen LogP contribution in [0.4, 0.5) is 13.2 Å². The van der Waals surface area contributed by atoms with Gasteiger partial charge in [-0.3, -0.25) is 9.59 Å². The van der Waals surface area contributed by atoms with Gasteiger partial charge in [-0.05, 0) is 102 Å². The molecule has 2 aliphatic carbocycles. The molecule has 0 bridgehead atoms. The lowest BCUT2D eigenvalue weighted by Crippen LogP contribution is -2.60. The fraction of sp³-hybridized carbons (Fsp3) is 0.933. The molecule has 228 valence electrons. The summed E-state index contributed by atoms with van der Waals surface area (Å²) in [6, 6.07) is 0.472. The van der Waals surface area contributed by atoms with E-state index in [0.29, 0.717) is 37.4 Å². The van der Waals surface area contributed by atoms with Crippen LogP contribution in [0.2, 0.25) is 0 Å². The van der Waals surface area contributed by atoms with E-state index in [1.165, 1.54) is 0 Å². The molecule has 3 heterocycles. The van der Waals surface area contributed by atoms with E-state index in [9.17, 15) is 22.8 Å². The number of piperidine rings is 3. The van der Waals surface area contributed by atoms with Gasteiger partial charge in [0.15, 0.2) is 0 Å². The summed E-state index contributed by atoms with van der Waals surface area (Å²) in [7, 11) is 1.95.